The molecule has 1 aliphatic heterocycles. The van der Waals surface area contributed by atoms with E-state index in [9.17, 15) is 0 Å². The molecule has 5 aromatic carbocycles. The normalized spacial score (nSPS) is 12.6. The van der Waals surface area contributed by atoms with Crippen LogP contribution in [0, 0.1) is 0 Å². The number of fused-ring (bicyclic) bond motifs is 10. The molecule has 0 fully saturated rings. The lowest BCUT2D eigenvalue weighted by Crippen LogP contribution is -2.18. The van der Waals surface area contributed by atoms with Gasteiger partial charge in [-0.05, 0) is 47.3 Å². The molecule has 1 aromatic heterocycles. The van der Waals surface area contributed by atoms with Crippen molar-refractivity contribution >= 4 is 44.0 Å². The Morgan fingerprint density at radius 3 is 2.09 bits per heavy atom. The number of nitrogens with zero attached hydrogens (tertiary/aromatic N) is 2. The zero-order valence-electron chi connectivity index (χ0n) is 17.9. The molecule has 7 rings (SSSR count). The highest BCUT2D eigenvalue weighted by Crippen LogP contribution is 2.48. The average molecular weight is 411 g/mol. The minimum atomic E-state index is 0.896. The number of hydrogen-bond acceptors (Lipinski definition) is 1. The van der Waals surface area contributed by atoms with Crippen LogP contribution in [0.15, 0.2) is 103 Å². The third kappa shape index (κ3) is 2.29. The molecule has 2 heteroatoms. The summed E-state index contributed by atoms with van der Waals surface area (Å²) in [4.78, 5) is 2.47. The van der Waals surface area contributed by atoms with E-state index in [4.69, 9.17) is 0 Å². The summed E-state index contributed by atoms with van der Waals surface area (Å²) in [5.41, 5.74) is 6.36. The molecule has 0 unspecified atom stereocenters. The van der Waals surface area contributed by atoms with E-state index in [2.05, 4.69) is 120 Å². The Hall–Kier alpha value is -4.04. The molecule has 0 N–H and O–H groups in total. The van der Waals surface area contributed by atoms with E-state index >= 15 is 0 Å². The van der Waals surface area contributed by atoms with Crippen molar-refractivity contribution in [2.45, 2.75) is 6.92 Å². The Kier molecular flexibility index (Phi) is 3.57. The summed E-state index contributed by atoms with van der Waals surface area (Å²) >= 11 is 0. The largest absolute Gasteiger partial charge is 0.327 e. The quantitative estimate of drug-likeness (QED) is 0.266. The minimum absolute atomic E-state index is 0.896. The van der Waals surface area contributed by atoms with Crippen LogP contribution in [-0.2, 0) is 0 Å². The van der Waals surface area contributed by atoms with Gasteiger partial charge in [0.05, 0.1) is 16.9 Å². The molecule has 0 aliphatic carbocycles. The first kappa shape index (κ1) is 17.6. The molecule has 2 nitrogen and oxygen atoms in total. The number of hydrogen-bond donors (Lipinski definition) is 0. The SMILES string of the molecule is CCN1c2cc3ccccc3cc2-c2ccc3ccccc3c2-n2c1cc1ccccc12. The number of para-hydroxylation sites is 1. The van der Waals surface area contributed by atoms with Gasteiger partial charge < -0.3 is 4.90 Å². The molecule has 6 aromatic rings. The molecule has 152 valence electrons. The third-order valence-corrected chi connectivity index (χ3v) is 6.85. The second-order valence-electron chi connectivity index (χ2n) is 8.54. The van der Waals surface area contributed by atoms with Gasteiger partial charge in [0, 0.05) is 28.4 Å². The average Bonchev–Trinajstić information content (AvgIpc) is 3.17. The van der Waals surface area contributed by atoms with Crippen LogP contribution in [0.3, 0.4) is 0 Å². The van der Waals surface area contributed by atoms with Crippen molar-refractivity contribution in [1.82, 2.24) is 4.57 Å². The van der Waals surface area contributed by atoms with Crippen molar-refractivity contribution in [3.63, 3.8) is 0 Å². The van der Waals surface area contributed by atoms with Gasteiger partial charge in [-0.3, -0.25) is 4.57 Å². The summed E-state index contributed by atoms with van der Waals surface area (Å²) in [6.45, 7) is 3.14. The molecular formula is C30H22N2. The molecule has 0 radical (unpaired) electrons. The summed E-state index contributed by atoms with van der Waals surface area (Å²) in [6, 6.07) is 37.8. The van der Waals surface area contributed by atoms with Crippen molar-refractivity contribution in [2.24, 2.45) is 0 Å². The first-order valence-corrected chi connectivity index (χ1v) is 11.3. The van der Waals surface area contributed by atoms with Gasteiger partial charge in [-0.1, -0.05) is 78.9 Å². The van der Waals surface area contributed by atoms with Gasteiger partial charge in [0.25, 0.3) is 0 Å². The fourth-order valence-electron chi connectivity index (χ4n) is 5.41. The van der Waals surface area contributed by atoms with Crippen LogP contribution in [0.4, 0.5) is 11.5 Å². The van der Waals surface area contributed by atoms with E-state index in [1.54, 1.807) is 0 Å². The predicted molar refractivity (Wildman–Crippen MR) is 136 cm³/mol. The monoisotopic (exact) mass is 410 g/mol. The summed E-state index contributed by atoms with van der Waals surface area (Å²) in [7, 11) is 0. The Morgan fingerprint density at radius 2 is 1.28 bits per heavy atom. The standard InChI is InChI=1S/C30H22N2/c1-2-31-28-18-22-11-4-3-10-21(22)17-26(28)25-16-15-20-9-5-7-13-24(20)30(25)32-27-14-8-6-12-23(27)19-29(31)32/h3-19H,2H2,1H3. The maximum absolute atomic E-state index is 2.47. The molecule has 0 amide bonds. The fraction of sp³-hybridized carbons (Fsp3) is 0.0667. The zero-order chi connectivity index (χ0) is 21.2. The van der Waals surface area contributed by atoms with E-state index in [0.29, 0.717) is 0 Å². The Balaban J connectivity index is 1.73. The molecule has 0 saturated carbocycles. The summed E-state index contributed by atoms with van der Waals surface area (Å²) < 4.78 is 2.47. The number of aromatic nitrogens is 1. The maximum Gasteiger partial charge on any atom is 0.118 e. The molecule has 0 bridgehead atoms. The van der Waals surface area contributed by atoms with Gasteiger partial charge in [-0.15, -0.1) is 0 Å². The fourth-order valence-corrected chi connectivity index (χ4v) is 5.41. The highest BCUT2D eigenvalue weighted by molar-refractivity contribution is 6.07. The lowest BCUT2D eigenvalue weighted by molar-refractivity contribution is 0.972. The number of rotatable bonds is 1. The summed E-state index contributed by atoms with van der Waals surface area (Å²) in [6.07, 6.45) is 0. The lowest BCUT2D eigenvalue weighted by Gasteiger charge is -2.24. The van der Waals surface area contributed by atoms with E-state index < -0.39 is 0 Å². The van der Waals surface area contributed by atoms with Gasteiger partial charge in [0.2, 0.25) is 0 Å². The molecule has 0 spiro atoms. The highest BCUT2D eigenvalue weighted by Gasteiger charge is 2.27. The summed E-state index contributed by atoms with van der Waals surface area (Å²) in [5.74, 6) is 1.22. The minimum Gasteiger partial charge on any atom is -0.327 e. The van der Waals surface area contributed by atoms with Crippen LogP contribution < -0.4 is 4.90 Å². The van der Waals surface area contributed by atoms with Gasteiger partial charge in [0.1, 0.15) is 5.82 Å². The van der Waals surface area contributed by atoms with E-state index in [1.165, 1.54) is 60.8 Å². The van der Waals surface area contributed by atoms with Crippen LogP contribution in [0.1, 0.15) is 6.92 Å². The van der Waals surface area contributed by atoms with E-state index in [-0.39, 0.29) is 0 Å². The molecule has 0 atom stereocenters. The van der Waals surface area contributed by atoms with Crippen LogP contribution in [-0.4, -0.2) is 11.1 Å². The van der Waals surface area contributed by atoms with Gasteiger partial charge in [-0.2, -0.15) is 0 Å². The van der Waals surface area contributed by atoms with Crippen LogP contribution in [0.5, 0.6) is 0 Å². The van der Waals surface area contributed by atoms with E-state index in [0.717, 1.165) is 6.54 Å². The zero-order valence-corrected chi connectivity index (χ0v) is 17.9. The van der Waals surface area contributed by atoms with Gasteiger partial charge >= 0.3 is 0 Å². The van der Waals surface area contributed by atoms with Crippen LogP contribution >= 0.6 is 0 Å². The molecule has 0 saturated heterocycles. The number of anilines is 2. The Bertz CT molecular complexity index is 1670. The predicted octanol–water partition coefficient (Wildman–Crippen LogP) is 8.08. The second-order valence-corrected chi connectivity index (χ2v) is 8.54. The van der Waals surface area contributed by atoms with Crippen molar-refractivity contribution in [3.8, 4) is 16.8 Å². The van der Waals surface area contributed by atoms with E-state index in [1.807, 2.05) is 0 Å². The lowest BCUT2D eigenvalue weighted by atomic mass is 9.94. The molecule has 2 heterocycles. The Labute approximate surface area is 186 Å². The second kappa shape index (κ2) is 6.48. The van der Waals surface area contributed by atoms with Crippen LogP contribution in [0.2, 0.25) is 0 Å². The molecule has 1 aliphatic rings. The Morgan fingerprint density at radius 1 is 0.594 bits per heavy atom. The number of benzene rings is 5. The first-order chi connectivity index (χ1) is 15.8. The van der Waals surface area contributed by atoms with Crippen LogP contribution in [0.25, 0.3) is 49.3 Å². The topological polar surface area (TPSA) is 8.17 Å². The van der Waals surface area contributed by atoms with Crippen molar-refractivity contribution in [1.29, 1.82) is 0 Å². The molecular weight excluding hydrogens is 388 g/mol. The highest BCUT2D eigenvalue weighted by atomic mass is 15.3. The smallest absolute Gasteiger partial charge is 0.118 e. The summed E-state index contributed by atoms with van der Waals surface area (Å²) in [5, 5.41) is 6.37. The molecule has 32 heavy (non-hydrogen) atoms. The van der Waals surface area contributed by atoms with Gasteiger partial charge in [-0.25, -0.2) is 0 Å². The van der Waals surface area contributed by atoms with Crippen molar-refractivity contribution in [2.75, 3.05) is 11.4 Å². The van der Waals surface area contributed by atoms with Gasteiger partial charge in [0.15, 0.2) is 0 Å². The van der Waals surface area contributed by atoms with Crippen molar-refractivity contribution in [3.05, 3.63) is 103 Å². The van der Waals surface area contributed by atoms with Crippen molar-refractivity contribution < 1.29 is 0 Å². The maximum atomic E-state index is 2.47. The first-order valence-electron chi connectivity index (χ1n) is 11.3. The third-order valence-electron chi connectivity index (χ3n) is 6.85.